The van der Waals surface area contributed by atoms with Crippen LogP contribution in [0.4, 0.5) is 17.6 Å². The van der Waals surface area contributed by atoms with Gasteiger partial charge in [-0.25, -0.2) is 14.4 Å². The van der Waals surface area contributed by atoms with E-state index in [0.717, 1.165) is 22.3 Å². The predicted molar refractivity (Wildman–Crippen MR) is 123 cm³/mol. The van der Waals surface area contributed by atoms with Gasteiger partial charge < -0.3 is 15.5 Å². The molecule has 0 saturated heterocycles. The van der Waals surface area contributed by atoms with Gasteiger partial charge >= 0.3 is 6.18 Å². The third-order valence-electron chi connectivity index (χ3n) is 3.83. The minimum Gasteiger partial charge on any atom is -0.357 e. The van der Waals surface area contributed by atoms with E-state index in [1.54, 1.807) is 12.1 Å². The zero-order valence-electron chi connectivity index (χ0n) is 17.0. The molecule has 0 aliphatic carbocycles. The van der Waals surface area contributed by atoms with E-state index in [9.17, 15) is 17.6 Å². The summed E-state index contributed by atoms with van der Waals surface area (Å²) >= 11 is 0.988. The Bertz CT molecular complexity index is 823. The van der Waals surface area contributed by atoms with Gasteiger partial charge in [0.2, 0.25) is 0 Å². The van der Waals surface area contributed by atoms with E-state index in [2.05, 4.69) is 20.6 Å². The topological polar surface area (TPSA) is 52.6 Å². The molecule has 168 valence electrons. The molecule has 0 spiro atoms. The predicted octanol–water partition coefficient (Wildman–Crippen LogP) is 4.28. The lowest BCUT2D eigenvalue weighted by atomic mass is 10.1. The normalized spacial score (nSPS) is 12.1. The van der Waals surface area contributed by atoms with Gasteiger partial charge in [-0.05, 0) is 38.7 Å². The highest BCUT2D eigenvalue weighted by molar-refractivity contribution is 14.0. The summed E-state index contributed by atoms with van der Waals surface area (Å²) in [6.07, 6.45) is -4.06. The van der Waals surface area contributed by atoms with Crippen molar-refractivity contribution in [3.8, 4) is 0 Å². The minimum atomic E-state index is -4.42. The van der Waals surface area contributed by atoms with Crippen LogP contribution in [-0.2, 0) is 25.7 Å². The van der Waals surface area contributed by atoms with Crippen molar-refractivity contribution in [1.82, 2.24) is 20.5 Å². The van der Waals surface area contributed by atoms with E-state index in [1.807, 2.05) is 25.9 Å². The Kier molecular flexibility index (Phi) is 11.0. The van der Waals surface area contributed by atoms with Gasteiger partial charge in [0.25, 0.3) is 0 Å². The SMILES string of the molecule is CCNC(=NCc1ccc(F)c(CN(C)C)c1)NCCc1nc(C(F)(F)F)cs1.I. The quantitative estimate of drug-likeness (QED) is 0.220. The molecular weight excluding hydrogens is 533 g/mol. The second kappa shape index (κ2) is 12.4. The first-order valence-corrected chi connectivity index (χ1v) is 10.0. The van der Waals surface area contributed by atoms with Crippen LogP contribution < -0.4 is 10.6 Å². The van der Waals surface area contributed by atoms with Crippen molar-refractivity contribution in [3.63, 3.8) is 0 Å². The maximum Gasteiger partial charge on any atom is 0.434 e. The first-order chi connectivity index (χ1) is 13.7. The summed E-state index contributed by atoms with van der Waals surface area (Å²) < 4.78 is 51.7. The number of aromatic nitrogens is 1. The van der Waals surface area contributed by atoms with Crippen LogP contribution in [0.25, 0.3) is 0 Å². The van der Waals surface area contributed by atoms with Gasteiger partial charge in [-0.15, -0.1) is 35.3 Å². The largest absolute Gasteiger partial charge is 0.434 e. The van der Waals surface area contributed by atoms with E-state index in [1.165, 1.54) is 6.07 Å². The second-order valence-electron chi connectivity index (χ2n) is 6.66. The van der Waals surface area contributed by atoms with Crippen molar-refractivity contribution in [2.24, 2.45) is 4.99 Å². The summed E-state index contributed by atoms with van der Waals surface area (Å²) in [5.74, 6) is 0.289. The number of rotatable bonds is 8. The van der Waals surface area contributed by atoms with E-state index < -0.39 is 11.9 Å². The van der Waals surface area contributed by atoms with Crippen molar-refractivity contribution in [2.75, 3.05) is 27.2 Å². The molecule has 0 amide bonds. The number of nitrogens with one attached hydrogen (secondary N) is 2. The fourth-order valence-corrected chi connectivity index (χ4v) is 3.35. The summed E-state index contributed by atoms with van der Waals surface area (Å²) in [5.41, 5.74) is 0.614. The molecule has 0 fully saturated rings. The third-order valence-corrected chi connectivity index (χ3v) is 4.74. The third kappa shape index (κ3) is 8.72. The molecular formula is C19H26F4IN5S. The van der Waals surface area contributed by atoms with Crippen LogP contribution in [0.1, 0.15) is 28.8 Å². The van der Waals surface area contributed by atoms with Crippen LogP contribution in [0.3, 0.4) is 0 Å². The van der Waals surface area contributed by atoms with Gasteiger partial charge in [0, 0.05) is 37.0 Å². The van der Waals surface area contributed by atoms with Gasteiger partial charge in [0.05, 0.1) is 11.6 Å². The molecule has 0 radical (unpaired) electrons. The monoisotopic (exact) mass is 559 g/mol. The van der Waals surface area contributed by atoms with Gasteiger partial charge in [-0.3, -0.25) is 0 Å². The van der Waals surface area contributed by atoms with Crippen LogP contribution in [0.2, 0.25) is 0 Å². The maximum absolute atomic E-state index is 13.9. The van der Waals surface area contributed by atoms with Crippen molar-refractivity contribution in [1.29, 1.82) is 0 Å². The Balaban J connectivity index is 0.00000450. The molecule has 11 heteroatoms. The lowest BCUT2D eigenvalue weighted by molar-refractivity contribution is -0.140. The molecule has 0 unspecified atom stereocenters. The summed E-state index contributed by atoms with van der Waals surface area (Å²) in [4.78, 5) is 9.97. The molecule has 0 aliphatic rings. The van der Waals surface area contributed by atoms with E-state index in [0.29, 0.717) is 49.1 Å². The molecule has 30 heavy (non-hydrogen) atoms. The summed E-state index contributed by atoms with van der Waals surface area (Å²) in [7, 11) is 3.75. The Morgan fingerprint density at radius 3 is 2.57 bits per heavy atom. The molecule has 2 aromatic rings. The van der Waals surface area contributed by atoms with E-state index in [4.69, 9.17) is 0 Å². The molecule has 0 saturated carbocycles. The number of hydrogen-bond acceptors (Lipinski definition) is 4. The Morgan fingerprint density at radius 2 is 1.97 bits per heavy atom. The molecule has 2 rings (SSSR count). The van der Waals surface area contributed by atoms with Gasteiger partial charge in [0.1, 0.15) is 5.82 Å². The number of benzene rings is 1. The Morgan fingerprint density at radius 1 is 1.23 bits per heavy atom. The molecule has 2 N–H and O–H groups in total. The smallest absolute Gasteiger partial charge is 0.357 e. The van der Waals surface area contributed by atoms with Crippen molar-refractivity contribution >= 4 is 41.3 Å². The number of nitrogens with zero attached hydrogens (tertiary/aromatic N) is 3. The highest BCUT2D eigenvalue weighted by Gasteiger charge is 2.33. The Hall–Kier alpha value is -1.47. The summed E-state index contributed by atoms with van der Waals surface area (Å²) in [6.45, 7) is 3.80. The van der Waals surface area contributed by atoms with E-state index in [-0.39, 0.29) is 29.8 Å². The lowest BCUT2D eigenvalue weighted by Gasteiger charge is -2.13. The summed E-state index contributed by atoms with van der Waals surface area (Å²) in [6, 6.07) is 4.91. The molecule has 1 heterocycles. The number of thiazole rings is 1. The maximum atomic E-state index is 13.9. The average Bonchev–Trinajstić information content (AvgIpc) is 3.11. The number of hydrogen-bond donors (Lipinski definition) is 2. The molecule has 5 nitrogen and oxygen atoms in total. The first-order valence-electron chi connectivity index (χ1n) is 9.15. The Labute approximate surface area is 195 Å². The van der Waals surface area contributed by atoms with Gasteiger partial charge in [-0.2, -0.15) is 13.2 Å². The zero-order valence-corrected chi connectivity index (χ0v) is 20.2. The molecule has 1 aromatic heterocycles. The minimum absolute atomic E-state index is 0. The van der Waals surface area contributed by atoms with Crippen LogP contribution in [0, 0.1) is 5.82 Å². The fourth-order valence-electron chi connectivity index (χ4n) is 2.54. The standard InChI is InChI=1S/C19H25F4N5S.HI/c1-4-24-18(25-8-7-17-27-16(12-29-17)19(21,22)23)26-10-13-5-6-15(20)14(9-13)11-28(2)3;/h5-6,9,12H,4,7-8,10-11H2,1-3H3,(H2,24,25,26);1H. The van der Waals surface area contributed by atoms with Crippen LogP contribution >= 0.6 is 35.3 Å². The second-order valence-corrected chi connectivity index (χ2v) is 7.60. The molecule has 0 aliphatic heterocycles. The van der Waals surface area contributed by atoms with Crippen LogP contribution in [0.5, 0.6) is 0 Å². The summed E-state index contributed by atoms with van der Waals surface area (Å²) in [5, 5.41) is 7.61. The fraction of sp³-hybridized carbons (Fsp3) is 0.474. The van der Waals surface area contributed by atoms with Crippen molar-refractivity contribution < 1.29 is 17.6 Å². The van der Waals surface area contributed by atoms with Crippen LogP contribution in [0.15, 0.2) is 28.6 Å². The zero-order chi connectivity index (χ0) is 21.4. The average molecular weight is 559 g/mol. The number of guanidine groups is 1. The van der Waals surface area contributed by atoms with Gasteiger partial charge in [-0.1, -0.05) is 6.07 Å². The van der Waals surface area contributed by atoms with E-state index >= 15 is 0 Å². The van der Waals surface area contributed by atoms with Crippen LogP contribution in [-0.4, -0.2) is 43.0 Å². The van der Waals surface area contributed by atoms with Crippen molar-refractivity contribution in [3.05, 3.63) is 51.2 Å². The first kappa shape index (κ1) is 26.6. The van der Waals surface area contributed by atoms with Gasteiger partial charge in [0.15, 0.2) is 11.7 Å². The number of alkyl halides is 3. The molecule has 0 atom stereocenters. The molecule has 0 bridgehead atoms. The van der Waals surface area contributed by atoms with Crippen molar-refractivity contribution in [2.45, 2.75) is 32.6 Å². The lowest BCUT2D eigenvalue weighted by Crippen LogP contribution is -2.38. The molecule has 1 aromatic carbocycles. The highest BCUT2D eigenvalue weighted by Crippen LogP contribution is 2.30. The number of aliphatic imine (C=N–C) groups is 1. The number of halogens is 5. The highest BCUT2D eigenvalue weighted by atomic mass is 127.